The van der Waals surface area contributed by atoms with E-state index in [0.717, 1.165) is 37.8 Å². The molecule has 1 spiro atoms. The molecule has 2 aliphatic carbocycles. The molecule has 0 radical (unpaired) electrons. The first-order valence-electron chi connectivity index (χ1n) is 20.1. The first-order valence-corrected chi connectivity index (χ1v) is 20.1. The molecule has 0 saturated heterocycles. The molecule has 8 rings (SSSR count). The topological polar surface area (TPSA) is 12.4 Å². The van der Waals surface area contributed by atoms with Gasteiger partial charge < -0.3 is 0 Å². The number of hydrogen-bond donors (Lipinski definition) is 0. The minimum absolute atomic E-state index is 0.128. The van der Waals surface area contributed by atoms with Crippen molar-refractivity contribution < 1.29 is 0 Å². The third-order valence-electron chi connectivity index (χ3n) is 11.9. The molecule has 0 saturated carbocycles. The first-order chi connectivity index (χ1) is 27.0. The Hall–Kier alpha value is -5.79. The second kappa shape index (κ2) is 15.9. The molecule has 1 aliphatic heterocycles. The summed E-state index contributed by atoms with van der Waals surface area (Å²) in [4.78, 5) is 5.17. The molecule has 0 N–H and O–H groups in total. The van der Waals surface area contributed by atoms with Crippen LogP contribution in [-0.4, -0.2) is 5.71 Å². The highest BCUT2D eigenvalue weighted by Gasteiger charge is 2.54. The first kappa shape index (κ1) is 36.2. The Balaban J connectivity index is 1.05. The van der Waals surface area contributed by atoms with Crippen LogP contribution in [0.4, 0.5) is 0 Å². The highest BCUT2D eigenvalue weighted by atomic mass is 14.8. The van der Waals surface area contributed by atoms with Crippen LogP contribution in [0.2, 0.25) is 0 Å². The van der Waals surface area contributed by atoms with Crippen molar-refractivity contribution >= 4 is 28.5 Å². The molecule has 0 fully saturated rings. The average molecular weight is 714 g/mol. The van der Waals surface area contributed by atoms with E-state index >= 15 is 0 Å². The maximum absolute atomic E-state index is 5.17. The zero-order valence-electron chi connectivity index (χ0n) is 32.5. The summed E-state index contributed by atoms with van der Waals surface area (Å²) >= 11 is 0. The van der Waals surface area contributed by atoms with Crippen LogP contribution >= 0.6 is 0 Å². The summed E-state index contributed by atoms with van der Waals surface area (Å²) in [6.45, 7) is 11.4. The lowest BCUT2D eigenvalue weighted by Gasteiger charge is -2.37. The van der Waals surface area contributed by atoms with Gasteiger partial charge >= 0.3 is 0 Å². The summed E-state index contributed by atoms with van der Waals surface area (Å²) in [5.41, 5.74) is 17.9. The zero-order valence-corrected chi connectivity index (χ0v) is 32.5. The molecule has 1 nitrogen and oxygen atoms in total. The minimum atomic E-state index is -0.215. The van der Waals surface area contributed by atoms with Crippen LogP contribution in [0, 0.1) is 5.92 Å². The Labute approximate surface area is 328 Å². The molecule has 272 valence electrons. The number of fused-ring (bicyclic) bond motifs is 4. The average Bonchev–Trinajstić information content (AvgIpc) is 3.69. The van der Waals surface area contributed by atoms with Crippen molar-refractivity contribution in [1.82, 2.24) is 0 Å². The summed E-state index contributed by atoms with van der Waals surface area (Å²) in [6.07, 6.45) is 20.9. The molecule has 1 heteroatoms. The molecule has 5 aromatic rings. The van der Waals surface area contributed by atoms with Gasteiger partial charge in [-0.05, 0) is 105 Å². The fourth-order valence-electron chi connectivity index (χ4n) is 9.22. The molecule has 3 aliphatic rings. The second-order valence-corrected chi connectivity index (χ2v) is 15.3. The van der Waals surface area contributed by atoms with Crippen LogP contribution in [0.1, 0.15) is 97.9 Å². The number of allylic oxidation sites excluding steroid dienone is 9. The minimum Gasteiger partial charge on any atom is -0.281 e. The highest BCUT2D eigenvalue weighted by Crippen LogP contribution is 2.62. The standard InChI is InChI=1S/C54H51N/c1-5-7-8-9-13-22-48-36-46(37-53(55-48)44-19-11-10-12-20-44)43-32-30-42(31-33-43)41-28-26-40(27-29-41)38(3)34-47-35-45-21-14-16-24-51(45)54(47)50(18-6-2)39(4)49-23-15-17-25-52(49)54/h7-17,19-21,23-36,50,53H,4-6,18,22,37H2,1-3H3/b8-7-,13-9-,38-34+. The largest absolute Gasteiger partial charge is 0.281 e. The lowest BCUT2D eigenvalue weighted by Crippen LogP contribution is -2.33. The van der Waals surface area contributed by atoms with Crippen molar-refractivity contribution in [2.75, 3.05) is 0 Å². The van der Waals surface area contributed by atoms with Crippen molar-refractivity contribution in [3.05, 3.63) is 215 Å². The number of aliphatic imine (C=N–C) groups is 1. The molecule has 3 unspecified atom stereocenters. The lowest BCUT2D eigenvalue weighted by molar-refractivity contribution is 0.454. The Morgan fingerprint density at radius 3 is 2.13 bits per heavy atom. The monoisotopic (exact) mass is 713 g/mol. The van der Waals surface area contributed by atoms with Crippen molar-refractivity contribution in [2.45, 2.75) is 64.3 Å². The van der Waals surface area contributed by atoms with Gasteiger partial charge in [0.25, 0.3) is 0 Å². The summed E-state index contributed by atoms with van der Waals surface area (Å²) in [5.74, 6) is 0.330. The normalized spacial score (nSPS) is 20.5. The molecule has 5 aromatic carbocycles. The molecule has 1 heterocycles. The van der Waals surface area contributed by atoms with Crippen LogP contribution in [-0.2, 0) is 5.41 Å². The van der Waals surface area contributed by atoms with E-state index in [0.29, 0.717) is 5.92 Å². The Bertz CT molecular complexity index is 2380. The van der Waals surface area contributed by atoms with Gasteiger partial charge in [-0.25, -0.2) is 0 Å². The Morgan fingerprint density at radius 2 is 1.38 bits per heavy atom. The van der Waals surface area contributed by atoms with Gasteiger partial charge in [0.05, 0.1) is 11.5 Å². The van der Waals surface area contributed by atoms with Crippen LogP contribution in [0.25, 0.3) is 33.9 Å². The van der Waals surface area contributed by atoms with E-state index < -0.39 is 0 Å². The van der Waals surface area contributed by atoms with Gasteiger partial charge in [-0.2, -0.15) is 0 Å². The van der Waals surface area contributed by atoms with E-state index in [-0.39, 0.29) is 11.5 Å². The third-order valence-corrected chi connectivity index (χ3v) is 11.9. The quantitative estimate of drug-likeness (QED) is 0.121. The van der Waals surface area contributed by atoms with Gasteiger partial charge in [-0.1, -0.05) is 191 Å². The predicted molar refractivity (Wildman–Crippen MR) is 237 cm³/mol. The van der Waals surface area contributed by atoms with Crippen molar-refractivity contribution in [3.63, 3.8) is 0 Å². The fraction of sp³-hybridized carbons (Fsp3) is 0.204. The van der Waals surface area contributed by atoms with Crippen LogP contribution in [0.3, 0.4) is 0 Å². The summed E-state index contributed by atoms with van der Waals surface area (Å²) in [7, 11) is 0. The lowest BCUT2D eigenvalue weighted by atomic mass is 9.65. The Morgan fingerprint density at radius 1 is 0.727 bits per heavy atom. The zero-order chi connectivity index (χ0) is 37.8. The maximum atomic E-state index is 5.17. The van der Waals surface area contributed by atoms with E-state index in [4.69, 9.17) is 11.6 Å². The van der Waals surface area contributed by atoms with Gasteiger partial charge in [-0.15, -0.1) is 0 Å². The third kappa shape index (κ3) is 6.89. The smallest absolute Gasteiger partial charge is 0.0792 e. The highest BCUT2D eigenvalue weighted by molar-refractivity contribution is 6.03. The van der Waals surface area contributed by atoms with Gasteiger partial charge in [-0.3, -0.25) is 4.99 Å². The van der Waals surface area contributed by atoms with E-state index in [2.05, 4.69) is 191 Å². The van der Waals surface area contributed by atoms with Crippen LogP contribution in [0.5, 0.6) is 0 Å². The predicted octanol–water partition coefficient (Wildman–Crippen LogP) is 14.5. The van der Waals surface area contributed by atoms with E-state index in [1.165, 1.54) is 72.4 Å². The number of dihydropyridines is 1. The number of rotatable bonds is 11. The van der Waals surface area contributed by atoms with Crippen molar-refractivity contribution in [2.24, 2.45) is 10.9 Å². The molecule has 3 atom stereocenters. The van der Waals surface area contributed by atoms with Gasteiger partial charge in [0.15, 0.2) is 0 Å². The number of benzene rings is 5. The van der Waals surface area contributed by atoms with Crippen LogP contribution < -0.4 is 0 Å². The van der Waals surface area contributed by atoms with Gasteiger partial charge in [0, 0.05) is 18.1 Å². The van der Waals surface area contributed by atoms with Crippen molar-refractivity contribution in [3.8, 4) is 11.1 Å². The molecular formula is C54H51N. The van der Waals surface area contributed by atoms with Gasteiger partial charge in [0.1, 0.15) is 0 Å². The van der Waals surface area contributed by atoms with E-state index in [1.54, 1.807) is 0 Å². The second-order valence-electron chi connectivity index (χ2n) is 15.3. The SMILES string of the molecule is C=C1c2ccccc2C2(C(/C=C(\C)c3ccc(-c4ccc(C5=CC(C/C=C\C=C/CC)=NC(c6ccccc6)C5)cc4)cc3)=Cc3ccccc32)C1CCC. The Kier molecular flexibility index (Phi) is 10.5. The maximum Gasteiger partial charge on any atom is 0.0792 e. The molecule has 0 bridgehead atoms. The number of nitrogens with zero attached hydrogens (tertiary/aromatic N) is 1. The molecule has 55 heavy (non-hydrogen) atoms. The van der Waals surface area contributed by atoms with E-state index in [1.807, 2.05) is 0 Å². The van der Waals surface area contributed by atoms with E-state index in [9.17, 15) is 0 Å². The summed E-state index contributed by atoms with van der Waals surface area (Å²) in [5, 5.41) is 0. The fourth-order valence-corrected chi connectivity index (χ4v) is 9.22. The van der Waals surface area contributed by atoms with Gasteiger partial charge in [0.2, 0.25) is 0 Å². The molecule has 0 amide bonds. The summed E-state index contributed by atoms with van der Waals surface area (Å²) in [6, 6.07) is 47.1. The van der Waals surface area contributed by atoms with Crippen LogP contribution in [0.15, 0.2) is 181 Å². The van der Waals surface area contributed by atoms with Crippen molar-refractivity contribution in [1.29, 1.82) is 0 Å². The molecular weight excluding hydrogens is 663 g/mol. The number of hydrogen-bond acceptors (Lipinski definition) is 1. The molecule has 0 aromatic heterocycles. The summed E-state index contributed by atoms with van der Waals surface area (Å²) < 4.78 is 0.